The van der Waals surface area contributed by atoms with Crippen LogP contribution in [0.5, 0.6) is 11.5 Å². The first-order valence-electron chi connectivity index (χ1n) is 6.95. The molecule has 5 heteroatoms. The summed E-state index contributed by atoms with van der Waals surface area (Å²) in [6.07, 6.45) is 1.65. The van der Waals surface area contributed by atoms with Crippen LogP contribution < -0.4 is 10.1 Å². The minimum Gasteiger partial charge on any atom is -0.453 e. The van der Waals surface area contributed by atoms with E-state index in [9.17, 15) is 4.39 Å². The van der Waals surface area contributed by atoms with Crippen LogP contribution in [0.2, 0.25) is 0 Å². The highest BCUT2D eigenvalue weighted by molar-refractivity contribution is 5.38. The van der Waals surface area contributed by atoms with Gasteiger partial charge in [-0.1, -0.05) is 19.9 Å². The SMILES string of the molecule is CNCc1nc(C(C)C)ncc1Oc1cc(F)ccc1C. The number of hydrogen-bond donors (Lipinski definition) is 1. The van der Waals surface area contributed by atoms with E-state index in [1.807, 2.05) is 27.8 Å². The molecule has 0 spiro atoms. The summed E-state index contributed by atoms with van der Waals surface area (Å²) >= 11 is 0. The molecule has 0 unspecified atom stereocenters. The van der Waals surface area contributed by atoms with E-state index in [0.717, 1.165) is 17.1 Å². The third-order valence-corrected chi connectivity index (χ3v) is 3.08. The van der Waals surface area contributed by atoms with Crippen LogP contribution in [0.1, 0.15) is 36.8 Å². The van der Waals surface area contributed by atoms with E-state index in [1.54, 1.807) is 12.3 Å². The predicted molar refractivity (Wildman–Crippen MR) is 80.1 cm³/mol. The van der Waals surface area contributed by atoms with Gasteiger partial charge in [0, 0.05) is 18.5 Å². The molecule has 1 aromatic carbocycles. The monoisotopic (exact) mass is 289 g/mol. The molecule has 1 aromatic heterocycles. The fourth-order valence-corrected chi connectivity index (χ4v) is 1.88. The Bertz CT molecular complexity index is 629. The Morgan fingerprint density at radius 2 is 2.05 bits per heavy atom. The molecule has 0 aliphatic carbocycles. The number of aryl methyl sites for hydroxylation is 1. The lowest BCUT2D eigenvalue weighted by molar-refractivity contribution is 0.456. The lowest BCUT2D eigenvalue weighted by Gasteiger charge is -2.14. The molecule has 0 bridgehead atoms. The van der Waals surface area contributed by atoms with Crippen LogP contribution >= 0.6 is 0 Å². The number of hydrogen-bond acceptors (Lipinski definition) is 4. The number of rotatable bonds is 5. The Hall–Kier alpha value is -2.01. The summed E-state index contributed by atoms with van der Waals surface area (Å²) in [5.74, 6) is 1.70. The first-order valence-corrected chi connectivity index (χ1v) is 6.95. The zero-order chi connectivity index (χ0) is 15.4. The summed E-state index contributed by atoms with van der Waals surface area (Å²) in [5.41, 5.74) is 1.62. The van der Waals surface area contributed by atoms with Crippen LogP contribution in [0.3, 0.4) is 0 Å². The molecule has 4 nitrogen and oxygen atoms in total. The van der Waals surface area contributed by atoms with E-state index in [0.29, 0.717) is 18.0 Å². The molecule has 2 rings (SSSR count). The van der Waals surface area contributed by atoms with E-state index in [-0.39, 0.29) is 11.7 Å². The minimum atomic E-state index is -0.328. The van der Waals surface area contributed by atoms with Crippen molar-refractivity contribution in [2.24, 2.45) is 0 Å². The van der Waals surface area contributed by atoms with Crippen molar-refractivity contribution in [2.75, 3.05) is 7.05 Å². The van der Waals surface area contributed by atoms with Crippen molar-refractivity contribution in [1.82, 2.24) is 15.3 Å². The molecule has 2 aromatic rings. The van der Waals surface area contributed by atoms with Gasteiger partial charge < -0.3 is 10.1 Å². The first-order chi connectivity index (χ1) is 10.0. The molecule has 21 heavy (non-hydrogen) atoms. The van der Waals surface area contributed by atoms with Gasteiger partial charge in [0.1, 0.15) is 23.1 Å². The van der Waals surface area contributed by atoms with E-state index >= 15 is 0 Å². The Balaban J connectivity index is 2.36. The van der Waals surface area contributed by atoms with E-state index < -0.39 is 0 Å². The largest absolute Gasteiger partial charge is 0.453 e. The molecule has 112 valence electrons. The standard InChI is InChI=1S/C16H20FN3O/c1-10(2)16-19-9-15(13(20-16)8-18-4)21-14-7-12(17)6-5-11(14)3/h5-7,9-10,18H,8H2,1-4H3. The molecule has 0 amide bonds. The van der Waals surface area contributed by atoms with Gasteiger partial charge in [-0.3, -0.25) is 0 Å². The van der Waals surface area contributed by atoms with Gasteiger partial charge in [0.05, 0.1) is 6.20 Å². The second kappa shape index (κ2) is 6.63. The highest BCUT2D eigenvalue weighted by Gasteiger charge is 2.12. The molecule has 0 saturated heterocycles. The lowest BCUT2D eigenvalue weighted by atomic mass is 10.2. The number of aromatic nitrogens is 2. The average Bonchev–Trinajstić information content (AvgIpc) is 2.44. The Labute approximate surface area is 124 Å². The fourth-order valence-electron chi connectivity index (χ4n) is 1.88. The topological polar surface area (TPSA) is 47.0 Å². The van der Waals surface area contributed by atoms with Gasteiger partial charge in [0.2, 0.25) is 0 Å². The normalized spacial score (nSPS) is 11.0. The van der Waals surface area contributed by atoms with Crippen LogP contribution in [-0.2, 0) is 6.54 Å². The first kappa shape index (κ1) is 15.4. The quantitative estimate of drug-likeness (QED) is 0.914. The molecular formula is C16H20FN3O. The number of benzene rings is 1. The van der Waals surface area contributed by atoms with Crippen LogP contribution in [0.25, 0.3) is 0 Å². The molecule has 0 saturated carbocycles. The Morgan fingerprint density at radius 3 is 2.71 bits per heavy atom. The maximum atomic E-state index is 13.3. The van der Waals surface area contributed by atoms with E-state index in [1.165, 1.54) is 12.1 Å². The van der Waals surface area contributed by atoms with Gasteiger partial charge in [-0.15, -0.1) is 0 Å². The third-order valence-electron chi connectivity index (χ3n) is 3.08. The summed E-state index contributed by atoms with van der Waals surface area (Å²) in [4.78, 5) is 8.83. The zero-order valence-corrected chi connectivity index (χ0v) is 12.8. The molecule has 0 fully saturated rings. The van der Waals surface area contributed by atoms with Gasteiger partial charge in [-0.25, -0.2) is 14.4 Å². The summed E-state index contributed by atoms with van der Waals surface area (Å²) < 4.78 is 19.1. The summed E-state index contributed by atoms with van der Waals surface area (Å²) in [7, 11) is 1.84. The molecule has 1 N–H and O–H groups in total. The highest BCUT2D eigenvalue weighted by atomic mass is 19.1. The molecule has 0 aliphatic heterocycles. The smallest absolute Gasteiger partial charge is 0.168 e. The lowest BCUT2D eigenvalue weighted by Crippen LogP contribution is -2.11. The fraction of sp³-hybridized carbons (Fsp3) is 0.375. The number of halogens is 1. The number of ether oxygens (including phenoxy) is 1. The van der Waals surface area contributed by atoms with Crippen LogP contribution in [0.4, 0.5) is 4.39 Å². The summed E-state index contributed by atoms with van der Waals surface area (Å²) in [5, 5.41) is 3.06. The predicted octanol–water partition coefficient (Wildman–Crippen LogP) is 3.56. The van der Waals surface area contributed by atoms with Crippen molar-refractivity contribution in [3.63, 3.8) is 0 Å². The van der Waals surface area contributed by atoms with Crippen LogP contribution in [-0.4, -0.2) is 17.0 Å². The van der Waals surface area contributed by atoms with Crippen molar-refractivity contribution >= 4 is 0 Å². The summed E-state index contributed by atoms with van der Waals surface area (Å²) in [6, 6.07) is 4.47. The zero-order valence-electron chi connectivity index (χ0n) is 12.8. The van der Waals surface area contributed by atoms with Gasteiger partial charge in [0.15, 0.2) is 5.75 Å². The van der Waals surface area contributed by atoms with Crippen molar-refractivity contribution in [1.29, 1.82) is 0 Å². The number of nitrogens with zero attached hydrogens (tertiary/aromatic N) is 2. The molecule has 1 heterocycles. The molecule has 0 radical (unpaired) electrons. The molecular weight excluding hydrogens is 269 g/mol. The van der Waals surface area contributed by atoms with Crippen molar-refractivity contribution in [2.45, 2.75) is 33.2 Å². The Morgan fingerprint density at radius 1 is 1.29 bits per heavy atom. The van der Waals surface area contributed by atoms with Gasteiger partial charge >= 0.3 is 0 Å². The number of nitrogens with one attached hydrogen (secondary N) is 1. The average molecular weight is 289 g/mol. The second-order valence-corrected chi connectivity index (χ2v) is 5.24. The highest BCUT2D eigenvalue weighted by Crippen LogP contribution is 2.28. The van der Waals surface area contributed by atoms with Gasteiger partial charge in [-0.05, 0) is 25.6 Å². The third kappa shape index (κ3) is 3.76. The van der Waals surface area contributed by atoms with Gasteiger partial charge in [-0.2, -0.15) is 0 Å². The maximum absolute atomic E-state index is 13.3. The van der Waals surface area contributed by atoms with E-state index in [4.69, 9.17) is 4.74 Å². The molecule has 0 aliphatic rings. The minimum absolute atomic E-state index is 0.241. The van der Waals surface area contributed by atoms with Crippen molar-refractivity contribution in [3.05, 3.63) is 47.3 Å². The van der Waals surface area contributed by atoms with Crippen molar-refractivity contribution in [3.8, 4) is 11.5 Å². The van der Waals surface area contributed by atoms with E-state index in [2.05, 4.69) is 15.3 Å². The van der Waals surface area contributed by atoms with Gasteiger partial charge in [0.25, 0.3) is 0 Å². The Kier molecular flexibility index (Phi) is 4.85. The van der Waals surface area contributed by atoms with Crippen LogP contribution in [0.15, 0.2) is 24.4 Å². The molecule has 0 atom stereocenters. The summed E-state index contributed by atoms with van der Waals surface area (Å²) in [6.45, 7) is 6.51. The second-order valence-electron chi connectivity index (χ2n) is 5.24. The maximum Gasteiger partial charge on any atom is 0.168 e. The van der Waals surface area contributed by atoms with Crippen LogP contribution in [0, 0.1) is 12.7 Å². The van der Waals surface area contributed by atoms with Crippen molar-refractivity contribution < 1.29 is 9.13 Å².